The van der Waals surface area contributed by atoms with E-state index in [-0.39, 0.29) is 41.0 Å². The van der Waals surface area contributed by atoms with Gasteiger partial charge in [0.2, 0.25) is 0 Å². The number of ether oxygens (including phenoxy) is 2. The molecule has 28 heavy (non-hydrogen) atoms. The molecule has 0 radical (unpaired) electrons. The number of carbonyl (C=O) groups is 1. The first-order valence-corrected chi connectivity index (χ1v) is 10.5. The topological polar surface area (TPSA) is 59.1 Å². The van der Waals surface area contributed by atoms with E-state index in [0.717, 1.165) is 24.8 Å². The van der Waals surface area contributed by atoms with Gasteiger partial charge in [0, 0.05) is 18.4 Å². The first-order chi connectivity index (χ1) is 13.2. The van der Waals surface area contributed by atoms with E-state index in [1.807, 2.05) is 30.3 Å². The molecule has 4 nitrogen and oxygen atoms in total. The lowest BCUT2D eigenvalue weighted by atomic mass is 9.67. The summed E-state index contributed by atoms with van der Waals surface area (Å²) in [5.74, 6) is -0.303. The molecule has 1 heterocycles. The lowest BCUT2D eigenvalue weighted by Crippen LogP contribution is -2.50. The van der Waals surface area contributed by atoms with Crippen LogP contribution in [-0.2, 0) is 14.3 Å². The van der Waals surface area contributed by atoms with Crippen molar-refractivity contribution in [3.8, 4) is 0 Å². The van der Waals surface area contributed by atoms with Crippen LogP contribution in [0.15, 0.2) is 36.4 Å². The molecule has 152 valence electrons. The van der Waals surface area contributed by atoms with Crippen molar-refractivity contribution >= 4 is 12.0 Å². The maximum atomic E-state index is 12.7. The zero-order chi connectivity index (χ0) is 20.2. The van der Waals surface area contributed by atoms with Crippen molar-refractivity contribution in [2.75, 3.05) is 0 Å². The summed E-state index contributed by atoms with van der Waals surface area (Å²) in [5.41, 5.74) is -0.163. The van der Waals surface area contributed by atoms with E-state index >= 15 is 0 Å². The minimum absolute atomic E-state index is 0.0673. The van der Waals surface area contributed by atoms with Gasteiger partial charge in [-0.2, -0.15) is 0 Å². The van der Waals surface area contributed by atoms with Gasteiger partial charge in [0.15, 0.2) is 0 Å². The molecule has 1 aliphatic heterocycles. The van der Waals surface area contributed by atoms with Gasteiger partial charge in [0.25, 0.3) is 0 Å². The summed E-state index contributed by atoms with van der Waals surface area (Å²) in [6.45, 7) is 8.50. The molecule has 6 unspecified atom stereocenters. The molecule has 0 bridgehead atoms. The van der Waals surface area contributed by atoms with Crippen LogP contribution in [0.5, 0.6) is 0 Å². The number of rotatable bonds is 4. The Balaban J connectivity index is 1.59. The number of epoxide rings is 1. The fourth-order valence-electron chi connectivity index (χ4n) is 5.74. The molecule has 1 aromatic rings. The maximum Gasteiger partial charge on any atom is 0.331 e. The number of aliphatic hydroxyl groups is 1. The lowest BCUT2D eigenvalue weighted by Gasteiger charge is -2.44. The fourth-order valence-corrected chi connectivity index (χ4v) is 5.74. The highest BCUT2D eigenvalue weighted by Gasteiger charge is 2.68. The van der Waals surface area contributed by atoms with Crippen LogP contribution in [0.25, 0.3) is 6.08 Å². The molecule has 2 aliphatic carbocycles. The highest BCUT2D eigenvalue weighted by molar-refractivity contribution is 5.87. The number of hydrogen-bond donors (Lipinski definition) is 1. The molecule has 1 aromatic carbocycles. The summed E-state index contributed by atoms with van der Waals surface area (Å²) in [6.07, 6.45) is 6.41. The van der Waals surface area contributed by atoms with Gasteiger partial charge in [-0.25, -0.2) is 4.79 Å². The van der Waals surface area contributed by atoms with Crippen molar-refractivity contribution in [1.82, 2.24) is 0 Å². The SMILES string of the molecule is CC(C)C1(O)CCC2(C)CC3OC3(C)CC(OC(=O)C=Cc3ccccc3)C21. The Hall–Kier alpha value is -1.65. The molecule has 0 aromatic heterocycles. The molecule has 4 heteroatoms. The van der Waals surface area contributed by atoms with Crippen LogP contribution in [-0.4, -0.2) is 34.5 Å². The molecular formula is C24H32O4. The van der Waals surface area contributed by atoms with Crippen LogP contribution < -0.4 is 0 Å². The molecule has 2 saturated carbocycles. The van der Waals surface area contributed by atoms with Crippen LogP contribution in [0.1, 0.15) is 58.9 Å². The van der Waals surface area contributed by atoms with Crippen molar-refractivity contribution in [3.05, 3.63) is 42.0 Å². The second-order valence-electron chi connectivity index (χ2n) is 9.82. The van der Waals surface area contributed by atoms with E-state index in [4.69, 9.17) is 9.47 Å². The quantitative estimate of drug-likeness (QED) is 0.476. The predicted octanol–water partition coefficient (Wildman–Crippen LogP) is 4.37. The zero-order valence-corrected chi connectivity index (χ0v) is 17.4. The number of esters is 1. The molecule has 3 fully saturated rings. The normalized spacial score (nSPS) is 42.1. The van der Waals surface area contributed by atoms with E-state index in [1.165, 1.54) is 6.08 Å². The van der Waals surface area contributed by atoms with Crippen LogP contribution in [0.3, 0.4) is 0 Å². The molecule has 4 rings (SSSR count). The molecule has 1 N–H and O–H groups in total. The standard InChI is InChI=1S/C24H32O4/c1-16(2)24(26)13-12-22(3)15-19-23(4,28-19)14-18(21(22)24)27-20(25)11-10-17-8-6-5-7-9-17/h5-11,16,18-19,21,26H,12-15H2,1-4H3. The second kappa shape index (κ2) is 6.70. The lowest BCUT2D eigenvalue weighted by molar-refractivity contribution is -0.163. The third-order valence-electron chi connectivity index (χ3n) is 7.53. The Labute approximate surface area is 167 Å². The first-order valence-electron chi connectivity index (χ1n) is 10.5. The monoisotopic (exact) mass is 384 g/mol. The van der Waals surface area contributed by atoms with Crippen LogP contribution >= 0.6 is 0 Å². The number of benzene rings is 1. The average molecular weight is 385 g/mol. The Morgan fingerprint density at radius 1 is 1.21 bits per heavy atom. The largest absolute Gasteiger partial charge is 0.459 e. The van der Waals surface area contributed by atoms with Crippen molar-refractivity contribution in [3.63, 3.8) is 0 Å². The molecule has 0 spiro atoms. The minimum Gasteiger partial charge on any atom is -0.459 e. The van der Waals surface area contributed by atoms with Crippen LogP contribution in [0.4, 0.5) is 0 Å². The molecular weight excluding hydrogens is 352 g/mol. The highest BCUT2D eigenvalue weighted by Crippen LogP contribution is 2.63. The smallest absolute Gasteiger partial charge is 0.331 e. The average Bonchev–Trinajstić information content (AvgIpc) is 3.18. The van der Waals surface area contributed by atoms with Crippen LogP contribution in [0, 0.1) is 17.3 Å². The van der Waals surface area contributed by atoms with Crippen molar-refractivity contribution in [1.29, 1.82) is 0 Å². The summed E-state index contributed by atoms with van der Waals surface area (Å²) in [7, 11) is 0. The van der Waals surface area contributed by atoms with Crippen molar-refractivity contribution in [2.45, 2.75) is 76.8 Å². The summed E-state index contributed by atoms with van der Waals surface area (Å²) in [6, 6.07) is 9.72. The number of fused-ring (bicyclic) bond motifs is 2. The first kappa shape index (κ1) is 19.7. The van der Waals surface area contributed by atoms with E-state index in [2.05, 4.69) is 27.7 Å². The third-order valence-corrected chi connectivity index (χ3v) is 7.53. The van der Waals surface area contributed by atoms with Crippen molar-refractivity contribution in [2.24, 2.45) is 17.3 Å². The molecule has 3 aliphatic rings. The van der Waals surface area contributed by atoms with Gasteiger partial charge < -0.3 is 14.6 Å². The van der Waals surface area contributed by atoms with Gasteiger partial charge >= 0.3 is 5.97 Å². The van der Waals surface area contributed by atoms with Gasteiger partial charge in [-0.05, 0) is 49.2 Å². The Bertz CT molecular complexity index is 772. The third kappa shape index (κ3) is 3.31. The van der Waals surface area contributed by atoms with E-state index in [9.17, 15) is 9.90 Å². The van der Waals surface area contributed by atoms with E-state index in [1.54, 1.807) is 6.08 Å². The van der Waals surface area contributed by atoms with Crippen molar-refractivity contribution < 1.29 is 19.4 Å². The predicted molar refractivity (Wildman–Crippen MR) is 108 cm³/mol. The highest BCUT2D eigenvalue weighted by atomic mass is 16.6. The minimum atomic E-state index is -0.810. The second-order valence-corrected chi connectivity index (χ2v) is 9.82. The number of carbonyl (C=O) groups excluding carboxylic acids is 1. The summed E-state index contributed by atoms with van der Waals surface area (Å²) in [5, 5.41) is 11.6. The van der Waals surface area contributed by atoms with E-state index < -0.39 is 5.60 Å². The zero-order valence-electron chi connectivity index (χ0n) is 17.4. The number of hydrogen-bond acceptors (Lipinski definition) is 4. The molecule has 6 atom stereocenters. The van der Waals surface area contributed by atoms with Gasteiger partial charge in [0.05, 0.1) is 17.3 Å². The van der Waals surface area contributed by atoms with Gasteiger partial charge in [-0.3, -0.25) is 0 Å². The maximum absolute atomic E-state index is 12.7. The molecule has 1 saturated heterocycles. The summed E-state index contributed by atoms with van der Waals surface area (Å²) in [4.78, 5) is 12.7. The fraction of sp³-hybridized carbons (Fsp3) is 0.625. The van der Waals surface area contributed by atoms with Crippen LogP contribution in [0.2, 0.25) is 0 Å². The van der Waals surface area contributed by atoms with Gasteiger partial charge in [-0.15, -0.1) is 0 Å². The Kier molecular flexibility index (Phi) is 4.71. The molecule has 0 amide bonds. The van der Waals surface area contributed by atoms with Gasteiger partial charge in [0.1, 0.15) is 6.10 Å². The summed E-state index contributed by atoms with van der Waals surface area (Å²) >= 11 is 0. The van der Waals surface area contributed by atoms with E-state index in [0.29, 0.717) is 6.42 Å². The Morgan fingerprint density at radius 2 is 1.93 bits per heavy atom. The summed E-state index contributed by atoms with van der Waals surface area (Å²) < 4.78 is 12.0. The Morgan fingerprint density at radius 3 is 2.61 bits per heavy atom. The van der Waals surface area contributed by atoms with Gasteiger partial charge in [-0.1, -0.05) is 51.1 Å².